The fraction of sp³-hybridized carbons (Fsp3) is 0.0714. The average molecular weight is 256 g/mol. The van der Waals surface area contributed by atoms with Crippen molar-refractivity contribution in [2.75, 3.05) is 0 Å². The fourth-order valence-corrected chi connectivity index (χ4v) is 1.77. The second-order valence-corrected chi connectivity index (χ2v) is 4.14. The number of halogens is 1. The van der Waals surface area contributed by atoms with Crippen molar-refractivity contribution >= 4 is 16.9 Å². The van der Waals surface area contributed by atoms with Crippen molar-refractivity contribution in [2.24, 2.45) is 0 Å². The number of carbonyl (C=O) groups excluding carboxylic acids is 1. The molecule has 0 aliphatic rings. The monoisotopic (exact) mass is 256 g/mol. The summed E-state index contributed by atoms with van der Waals surface area (Å²) in [5.74, 6) is -0.735. The van der Waals surface area contributed by atoms with E-state index in [0.29, 0.717) is 11.1 Å². The van der Waals surface area contributed by atoms with Crippen molar-refractivity contribution in [1.29, 1.82) is 0 Å². The maximum atomic E-state index is 12.8. The first-order chi connectivity index (χ1) is 9.13. The van der Waals surface area contributed by atoms with Crippen molar-refractivity contribution in [2.45, 2.75) is 6.92 Å². The minimum Gasteiger partial charge on any atom is -0.451 e. The summed E-state index contributed by atoms with van der Waals surface area (Å²) in [5, 5.41) is 0. The molecule has 0 spiro atoms. The molecular formula is C14H9FN2O2. The number of hydrogen-bond acceptors (Lipinski definition) is 4. The number of ketones is 1. The molecule has 0 amide bonds. The molecule has 0 fully saturated rings. The number of nitrogens with zero attached hydrogens (tertiary/aromatic N) is 2. The molecule has 3 heterocycles. The first kappa shape index (κ1) is 11.5. The first-order valence-corrected chi connectivity index (χ1v) is 5.67. The van der Waals surface area contributed by atoms with Crippen LogP contribution in [0.3, 0.4) is 0 Å². The zero-order valence-corrected chi connectivity index (χ0v) is 10.1. The third-order valence-electron chi connectivity index (χ3n) is 2.70. The van der Waals surface area contributed by atoms with Gasteiger partial charge in [0.25, 0.3) is 0 Å². The third kappa shape index (κ3) is 2.10. The number of hydrogen-bond donors (Lipinski definition) is 0. The maximum Gasteiger partial charge on any atom is 0.246 e. The highest BCUT2D eigenvalue weighted by Gasteiger charge is 2.16. The van der Waals surface area contributed by atoms with Crippen molar-refractivity contribution in [3.63, 3.8) is 0 Å². The van der Waals surface area contributed by atoms with Crippen molar-refractivity contribution in [1.82, 2.24) is 9.97 Å². The van der Waals surface area contributed by atoms with E-state index >= 15 is 0 Å². The Morgan fingerprint density at radius 3 is 2.84 bits per heavy atom. The highest BCUT2D eigenvalue weighted by Crippen LogP contribution is 2.19. The van der Waals surface area contributed by atoms with Crippen LogP contribution in [0, 0.1) is 12.7 Å². The summed E-state index contributed by atoms with van der Waals surface area (Å²) < 4.78 is 18.2. The van der Waals surface area contributed by atoms with Gasteiger partial charge in [0.1, 0.15) is 17.0 Å². The van der Waals surface area contributed by atoms with E-state index in [1.165, 1.54) is 12.1 Å². The van der Waals surface area contributed by atoms with E-state index in [9.17, 15) is 9.18 Å². The molecule has 3 aromatic rings. The number of furan rings is 1. The molecule has 0 saturated carbocycles. The molecule has 0 N–H and O–H groups in total. The first-order valence-electron chi connectivity index (χ1n) is 5.67. The van der Waals surface area contributed by atoms with Crippen molar-refractivity contribution in [3.05, 3.63) is 59.5 Å². The van der Waals surface area contributed by atoms with Gasteiger partial charge in [0, 0.05) is 11.8 Å². The van der Waals surface area contributed by atoms with Gasteiger partial charge in [-0.05, 0) is 31.2 Å². The Morgan fingerprint density at radius 1 is 1.26 bits per heavy atom. The highest BCUT2D eigenvalue weighted by atomic mass is 19.1. The van der Waals surface area contributed by atoms with Crippen LogP contribution in [0.15, 0.2) is 40.9 Å². The molecule has 94 valence electrons. The minimum atomic E-state index is -0.488. The van der Waals surface area contributed by atoms with Crippen LogP contribution in [0.1, 0.15) is 21.9 Å². The second-order valence-electron chi connectivity index (χ2n) is 4.14. The number of rotatable bonds is 2. The summed E-state index contributed by atoms with van der Waals surface area (Å²) in [6.07, 6.45) is 0.998. The Labute approximate surface area is 107 Å². The molecule has 5 heteroatoms. The van der Waals surface area contributed by atoms with E-state index in [4.69, 9.17) is 4.42 Å². The number of fused-ring (bicyclic) bond motifs is 1. The topological polar surface area (TPSA) is 56.0 Å². The molecule has 0 radical (unpaired) electrons. The summed E-state index contributed by atoms with van der Waals surface area (Å²) in [6, 6.07) is 7.63. The van der Waals surface area contributed by atoms with Crippen molar-refractivity contribution < 1.29 is 13.6 Å². The zero-order chi connectivity index (χ0) is 13.4. The van der Waals surface area contributed by atoms with Crippen LogP contribution in [0.4, 0.5) is 4.39 Å². The Kier molecular flexibility index (Phi) is 2.59. The number of aryl methyl sites for hydroxylation is 1. The van der Waals surface area contributed by atoms with Crippen LogP contribution >= 0.6 is 0 Å². The van der Waals surface area contributed by atoms with Gasteiger partial charge in [-0.3, -0.25) is 4.79 Å². The van der Waals surface area contributed by atoms with Gasteiger partial charge >= 0.3 is 0 Å². The average Bonchev–Trinajstić information content (AvgIpc) is 2.81. The molecule has 0 aliphatic heterocycles. The number of pyridine rings is 2. The van der Waals surface area contributed by atoms with Crippen LogP contribution in [-0.4, -0.2) is 15.8 Å². The lowest BCUT2D eigenvalue weighted by atomic mass is 10.2. The lowest BCUT2D eigenvalue weighted by Gasteiger charge is -1.95. The molecule has 0 aliphatic carbocycles. The SMILES string of the molecule is Cc1ccc2oc(C(=O)c3ccc(F)cn3)cc2n1. The quantitative estimate of drug-likeness (QED) is 0.661. The van der Waals surface area contributed by atoms with Gasteiger partial charge in [0.2, 0.25) is 5.78 Å². The lowest BCUT2D eigenvalue weighted by molar-refractivity contribution is 0.101. The van der Waals surface area contributed by atoms with Gasteiger partial charge in [-0.15, -0.1) is 0 Å². The largest absolute Gasteiger partial charge is 0.451 e. The summed E-state index contributed by atoms with van der Waals surface area (Å²) >= 11 is 0. The Bertz CT molecular complexity index is 763. The van der Waals surface area contributed by atoms with Crippen LogP contribution in [-0.2, 0) is 0 Å². The molecule has 0 atom stereocenters. The Morgan fingerprint density at radius 2 is 2.11 bits per heavy atom. The van der Waals surface area contributed by atoms with E-state index in [0.717, 1.165) is 11.9 Å². The van der Waals surface area contributed by atoms with Crippen LogP contribution < -0.4 is 0 Å². The maximum absolute atomic E-state index is 12.8. The van der Waals surface area contributed by atoms with Gasteiger partial charge in [0.05, 0.1) is 6.20 Å². The Balaban J connectivity index is 2.04. The molecular weight excluding hydrogens is 247 g/mol. The number of aromatic nitrogens is 2. The zero-order valence-electron chi connectivity index (χ0n) is 10.1. The van der Waals surface area contributed by atoms with Gasteiger partial charge < -0.3 is 4.42 Å². The van der Waals surface area contributed by atoms with E-state index in [1.54, 1.807) is 18.2 Å². The highest BCUT2D eigenvalue weighted by molar-refractivity contribution is 6.07. The molecule has 19 heavy (non-hydrogen) atoms. The molecule has 0 aromatic carbocycles. The standard InChI is InChI=1S/C14H9FN2O2/c1-8-2-5-12-11(17-8)6-13(19-12)14(18)10-4-3-9(15)7-16-10/h2-7H,1H3. The molecule has 3 aromatic heterocycles. The van der Waals surface area contributed by atoms with Crippen molar-refractivity contribution in [3.8, 4) is 0 Å². The van der Waals surface area contributed by atoms with Gasteiger partial charge in [-0.2, -0.15) is 0 Å². The van der Waals surface area contributed by atoms with Gasteiger partial charge in [-0.25, -0.2) is 14.4 Å². The van der Waals surface area contributed by atoms with Gasteiger partial charge in [-0.1, -0.05) is 0 Å². The molecule has 0 saturated heterocycles. The third-order valence-corrected chi connectivity index (χ3v) is 2.70. The minimum absolute atomic E-state index is 0.136. The van der Waals surface area contributed by atoms with E-state index in [2.05, 4.69) is 9.97 Å². The second kappa shape index (κ2) is 4.28. The Hall–Kier alpha value is -2.56. The van der Waals surface area contributed by atoms with Crippen LogP contribution in [0.5, 0.6) is 0 Å². The van der Waals surface area contributed by atoms with E-state index < -0.39 is 11.6 Å². The van der Waals surface area contributed by atoms with Gasteiger partial charge in [0.15, 0.2) is 11.3 Å². The predicted octanol–water partition coefficient (Wildman–Crippen LogP) is 2.90. The molecule has 0 bridgehead atoms. The predicted molar refractivity (Wildman–Crippen MR) is 66.4 cm³/mol. The smallest absolute Gasteiger partial charge is 0.246 e. The number of carbonyl (C=O) groups is 1. The fourth-order valence-electron chi connectivity index (χ4n) is 1.77. The molecule has 3 rings (SSSR count). The van der Waals surface area contributed by atoms with Crippen LogP contribution in [0.25, 0.3) is 11.1 Å². The summed E-state index contributed by atoms with van der Waals surface area (Å²) in [5.41, 5.74) is 2.13. The van der Waals surface area contributed by atoms with Crippen LogP contribution in [0.2, 0.25) is 0 Å². The van der Waals surface area contributed by atoms with E-state index in [-0.39, 0.29) is 11.5 Å². The normalized spacial score (nSPS) is 10.8. The summed E-state index contributed by atoms with van der Waals surface area (Å²) in [4.78, 5) is 20.1. The molecule has 0 unspecified atom stereocenters. The molecule has 4 nitrogen and oxygen atoms in total. The summed E-state index contributed by atoms with van der Waals surface area (Å²) in [7, 11) is 0. The lowest BCUT2D eigenvalue weighted by Crippen LogP contribution is -2.02. The summed E-state index contributed by atoms with van der Waals surface area (Å²) in [6.45, 7) is 1.86. The van der Waals surface area contributed by atoms with E-state index in [1.807, 2.05) is 6.92 Å².